The first-order valence-corrected chi connectivity index (χ1v) is 9.19. The topological polar surface area (TPSA) is 62.7 Å². The first-order valence-electron chi connectivity index (χ1n) is 9.19. The Morgan fingerprint density at radius 2 is 1.89 bits per heavy atom. The number of fused-ring (bicyclic) bond motifs is 1. The van der Waals surface area contributed by atoms with Gasteiger partial charge in [0, 0.05) is 30.4 Å². The summed E-state index contributed by atoms with van der Waals surface area (Å²) in [6, 6.07) is 2.83. The van der Waals surface area contributed by atoms with Crippen LogP contribution in [0.5, 0.6) is 5.88 Å². The molecule has 0 bridgehead atoms. The number of ether oxygens (including phenoxy) is 1. The number of pyridine rings is 1. The van der Waals surface area contributed by atoms with Gasteiger partial charge in [-0.1, -0.05) is 6.42 Å². The lowest BCUT2D eigenvalue weighted by Crippen LogP contribution is -2.35. The van der Waals surface area contributed by atoms with E-state index in [9.17, 15) is 23.1 Å². The van der Waals surface area contributed by atoms with Gasteiger partial charge < -0.3 is 14.7 Å². The lowest BCUT2D eigenvalue weighted by molar-refractivity contribution is 0.00397. The van der Waals surface area contributed by atoms with Crippen LogP contribution in [0.1, 0.15) is 47.2 Å². The number of hydrogen-bond donors (Lipinski definition) is 1. The molecule has 0 radical (unpaired) electrons. The van der Waals surface area contributed by atoms with Crippen LogP contribution in [0.15, 0.2) is 24.4 Å². The highest BCUT2D eigenvalue weighted by Gasteiger charge is 2.34. The minimum atomic E-state index is -1.04. The molecular formula is C20H19F3N2O3. The largest absolute Gasteiger partial charge is 0.471 e. The average molecular weight is 392 g/mol. The second-order valence-electron chi connectivity index (χ2n) is 7.17. The van der Waals surface area contributed by atoms with Crippen LogP contribution >= 0.6 is 0 Å². The van der Waals surface area contributed by atoms with Gasteiger partial charge in [0.25, 0.3) is 5.91 Å². The van der Waals surface area contributed by atoms with E-state index < -0.39 is 35.6 Å². The Morgan fingerprint density at radius 1 is 1.18 bits per heavy atom. The Kier molecular flexibility index (Phi) is 4.97. The van der Waals surface area contributed by atoms with Crippen molar-refractivity contribution in [1.82, 2.24) is 9.88 Å². The maximum atomic E-state index is 14.0. The van der Waals surface area contributed by atoms with Gasteiger partial charge in [0.05, 0.1) is 12.6 Å². The Morgan fingerprint density at radius 3 is 2.61 bits per heavy atom. The van der Waals surface area contributed by atoms with Crippen molar-refractivity contribution in [3.05, 3.63) is 58.5 Å². The summed E-state index contributed by atoms with van der Waals surface area (Å²) in [7, 11) is 0. The maximum Gasteiger partial charge on any atom is 0.260 e. The van der Waals surface area contributed by atoms with E-state index in [-0.39, 0.29) is 30.1 Å². The number of aliphatic hydroxyl groups excluding tert-OH is 1. The quantitative estimate of drug-likeness (QED) is 0.867. The van der Waals surface area contributed by atoms with Gasteiger partial charge in [0.2, 0.25) is 5.88 Å². The molecule has 2 atom stereocenters. The minimum absolute atomic E-state index is 0.121. The summed E-state index contributed by atoms with van der Waals surface area (Å²) in [5.41, 5.74) is 0.493. The van der Waals surface area contributed by atoms with Crippen molar-refractivity contribution in [1.29, 1.82) is 0 Å². The van der Waals surface area contributed by atoms with Crippen LogP contribution in [0, 0.1) is 17.5 Å². The molecule has 2 aromatic rings. The zero-order chi connectivity index (χ0) is 19.8. The van der Waals surface area contributed by atoms with Gasteiger partial charge in [0.1, 0.15) is 29.1 Å². The summed E-state index contributed by atoms with van der Waals surface area (Å²) in [6.07, 6.45) is 3.56. The molecule has 148 valence electrons. The number of amides is 1. The van der Waals surface area contributed by atoms with Crippen molar-refractivity contribution in [3.63, 3.8) is 0 Å². The van der Waals surface area contributed by atoms with Crippen LogP contribution in [-0.4, -0.2) is 33.1 Å². The molecule has 5 nitrogen and oxygen atoms in total. The highest BCUT2D eigenvalue weighted by Crippen LogP contribution is 2.33. The summed E-state index contributed by atoms with van der Waals surface area (Å²) in [6.45, 7) is -0.201. The number of rotatable bonds is 4. The van der Waals surface area contributed by atoms with Gasteiger partial charge in [-0.2, -0.15) is 0 Å². The van der Waals surface area contributed by atoms with Crippen molar-refractivity contribution in [2.75, 3.05) is 0 Å². The fourth-order valence-electron chi connectivity index (χ4n) is 3.77. The smallest absolute Gasteiger partial charge is 0.260 e. The average Bonchev–Trinajstić information content (AvgIpc) is 2.97. The molecule has 1 amide bonds. The molecule has 1 aliphatic carbocycles. The van der Waals surface area contributed by atoms with Gasteiger partial charge in [0.15, 0.2) is 0 Å². The minimum Gasteiger partial charge on any atom is -0.471 e. The van der Waals surface area contributed by atoms with E-state index in [0.29, 0.717) is 30.5 Å². The Bertz CT molecular complexity index is 899. The molecule has 8 heteroatoms. The van der Waals surface area contributed by atoms with Crippen molar-refractivity contribution in [3.8, 4) is 5.88 Å². The first-order chi connectivity index (χ1) is 13.4. The molecule has 2 heterocycles. The molecule has 0 saturated heterocycles. The number of carbonyl (C=O) groups excluding carboxylic acids is 1. The molecule has 0 spiro atoms. The van der Waals surface area contributed by atoms with E-state index in [1.807, 2.05) is 0 Å². The molecule has 4 rings (SSSR count). The normalized spacial score (nSPS) is 21.7. The van der Waals surface area contributed by atoms with Crippen molar-refractivity contribution in [2.45, 2.75) is 51.0 Å². The van der Waals surface area contributed by atoms with Gasteiger partial charge in [-0.25, -0.2) is 18.2 Å². The third kappa shape index (κ3) is 3.44. The van der Waals surface area contributed by atoms with E-state index in [2.05, 4.69) is 4.98 Å². The molecule has 1 aliphatic heterocycles. The molecule has 2 aliphatic rings. The lowest BCUT2D eigenvalue weighted by Gasteiger charge is -2.28. The highest BCUT2D eigenvalue weighted by molar-refractivity contribution is 6.00. The number of halogens is 3. The van der Waals surface area contributed by atoms with Crippen LogP contribution in [0.4, 0.5) is 13.2 Å². The Hall–Kier alpha value is -2.61. The van der Waals surface area contributed by atoms with Crippen LogP contribution in [-0.2, 0) is 13.1 Å². The van der Waals surface area contributed by atoms with Gasteiger partial charge in [-0.3, -0.25) is 4.79 Å². The summed E-state index contributed by atoms with van der Waals surface area (Å²) in [4.78, 5) is 18.3. The fraction of sp³-hybridized carbons (Fsp3) is 0.400. The van der Waals surface area contributed by atoms with E-state index in [0.717, 1.165) is 12.8 Å². The fourth-order valence-corrected chi connectivity index (χ4v) is 3.77. The van der Waals surface area contributed by atoms with Crippen molar-refractivity contribution < 1.29 is 27.8 Å². The lowest BCUT2D eigenvalue weighted by atomic mass is 9.95. The molecular weight excluding hydrogens is 373 g/mol. The Balaban J connectivity index is 1.57. The second kappa shape index (κ2) is 7.43. The predicted molar refractivity (Wildman–Crippen MR) is 93.0 cm³/mol. The van der Waals surface area contributed by atoms with E-state index >= 15 is 0 Å². The van der Waals surface area contributed by atoms with Crippen LogP contribution in [0.3, 0.4) is 0 Å². The standard InChI is InChI=1S/C20H19F3N2O3/c21-12-7-14(22)13(15(23)8-12)10-25-9-11-5-6-24-19(18(11)20(25)27)28-17-4-2-1-3-16(17)26/h5-8,16-17,26H,1-4,9-10H2/t16-,17-/m1/s1. The van der Waals surface area contributed by atoms with Gasteiger partial charge in [-0.05, 0) is 30.9 Å². The van der Waals surface area contributed by atoms with Crippen molar-refractivity contribution in [2.24, 2.45) is 0 Å². The molecule has 1 aromatic carbocycles. The van der Waals surface area contributed by atoms with Gasteiger partial charge >= 0.3 is 0 Å². The molecule has 1 saturated carbocycles. The van der Waals surface area contributed by atoms with Gasteiger partial charge in [-0.15, -0.1) is 0 Å². The van der Waals surface area contributed by atoms with E-state index in [4.69, 9.17) is 4.74 Å². The molecule has 1 fully saturated rings. The zero-order valence-corrected chi connectivity index (χ0v) is 15.0. The summed E-state index contributed by atoms with van der Waals surface area (Å²) < 4.78 is 46.9. The molecule has 28 heavy (non-hydrogen) atoms. The third-order valence-corrected chi connectivity index (χ3v) is 5.25. The second-order valence-corrected chi connectivity index (χ2v) is 7.17. The summed E-state index contributed by atoms with van der Waals surface area (Å²) in [5.74, 6) is -3.44. The predicted octanol–water partition coefficient (Wildman–Crippen LogP) is 3.34. The van der Waals surface area contributed by atoms with E-state index in [1.54, 1.807) is 6.07 Å². The SMILES string of the molecule is O=C1c2c(ccnc2O[C@@H]2CCCC[C@H]2O)CN1Cc1c(F)cc(F)cc1F. The van der Waals surface area contributed by atoms with Crippen LogP contribution in [0.2, 0.25) is 0 Å². The highest BCUT2D eigenvalue weighted by atomic mass is 19.1. The summed E-state index contributed by atoms with van der Waals surface area (Å²) >= 11 is 0. The molecule has 1 N–H and O–H groups in total. The number of aliphatic hydroxyl groups is 1. The van der Waals surface area contributed by atoms with E-state index in [1.165, 1.54) is 11.1 Å². The van der Waals surface area contributed by atoms with Crippen molar-refractivity contribution >= 4 is 5.91 Å². The number of hydrogen-bond acceptors (Lipinski definition) is 4. The molecule has 0 unspecified atom stereocenters. The number of aromatic nitrogens is 1. The first kappa shape index (κ1) is 18.7. The summed E-state index contributed by atoms with van der Waals surface area (Å²) in [5, 5.41) is 10.1. The molecule has 1 aromatic heterocycles. The third-order valence-electron chi connectivity index (χ3n) is 5.25. The van der Waals surface area contributed by atoms with Crippen LogP contribution < -0.4 is 4.74 Å². The zero-order valence-electron chi connectivity index (χ0n) is 15.0. The number of carbonyl (C=O) groups is 1. The number of nitrogens with zero attached hydrogens (tertiary/aromatic N) is 2. The Labute approximate surface area is 159 Å². The maximum absolute atomic E-state index is 14.0. The monoisotopic (exact) mass is 392 g/mol. The number of benzene rings is 1. The van der Waals surface area contributed by atoms with Crippen LogP contribution in [0.25, 0.3) is 0 Å².